The number of nitrogens with one attached hydrogen (secondary N) is 2. The molecule has 4 rings (SSSR count). The molecule has 29 heavy (non-hydrogen) atoms. The van der Waals surface area contributed by atoms with Crippen LogP contribution in [0.4, 0.5) is 9.18 Å². The summed E-state index contributed by atoms with van der Waals surface area (Å²) in [6.45, 7) is -0.280. The van der Waals surface area contributed by atoms with Crippen molar-refractivity contribution in [1.29, 1.82) is 0 Å². The normalized spacial score (nSPS) is 12.7. The van der Waals surface area contributed by atoms with E-state index < -0.39 is 33.5 Å². The van der Waals surface area contributed by atoms with E-state index in [0.29, 0.717) is 5.56 Å². The average molecular weight is 418 g/mol. The second kappa shape index (κ2) is 6.46. The topological polar surface area (TPSA) is 147 Å². The van der Waals surface area contributed by atoms with E-state index in [4.69, 9.17) is 5.11 Å². The van der Waals surface area contributed by atoms with E-state index >= 15 is 0 Å². The van der Waals surface area contributed by atoms with Crippen molar-refractivity contribution in [3.8, 4) is 5.69 Å². The molecule has 148 valence electrons. The Hall–Kier alpha value is -3.64. The Balaban J connectivity index is 1.75. The Morgan fingerprint density at radius 3 is 2.66 bits per heavy atom. The minimum atomic E-state index is -4.27. The smallest absolute Gasteiger partial charge is 0.419 e. The first-order chi connectivity index (χ1) is 13.7. The van der Waals surface area contributed by atoms with Crippen molar-refractivity contribution in [2.45, 2.75) is 6.54 Å². The molecule has 2 aromatic carbocycles. The van der Waals surface area contributed by atoms with E-state index in [-0.39, 0.29) is 34.5 Å². The highest BCUT2D eigenvalue weighted by Gasteiger charge is 2.30. The summed E-state index contributed by atoms with van der Waals surface area (Å²) >= 11 is 0. The van der Waals surface area contributed by atoms with Gasteiger partial charge in [-0.05, 0) is 35.9 Å². The molecule has 0 saturated carbocycles. The zero-order valence-electron chi connectivity index (χ0n) is 14.3. The van der Waals surface area contributed by atoms with E-state index in [0.717, 1.165) is 16.7 Å². The van der Waals surface area contributed by atoms with Crippen molar-refractivity contribution in [3.05, 3.63) is 69.5 Å². The largest absolute Gasteiger partial charge is 0.464 e. The second-order valence-electron chi connectivity index (χ2n) is 6.15. The van der Waals surface area contributed by atoms with Gasteiger partial charge in [0.05, 0.1) is 22.2 Å². The highest BCUT2D eigenvalue weighted by molar-refractivity contribution is 7.88. The van der Waals surface area contributed by atoms with E-state index in [2.05, 4.69) is 4.98 Å². The van der Waals surface area contributed by atoms with Crippen LogP contribution in [0.25, 0.3) is 16.6 Å². The molecular formula is C17H11FN4O6S. The third kappa shape index (κ3) is 3.23. The molecule has 0 aliphatic carbocycles. The van der Waals surface area contributed by atoms with E-state index in [1.807, 2.05) is 4.72 Å². The molecule has 0 radical (unpaired) electrons. The van der Waals surface area contributed by atoms with E-state index in [1.165, 1.54) is 29.0 Å². The number of carbonyl (C=O) groups excluding carboxylic acids is 1. The number of carboxylic acid groups (broad SMARTS) is 1. The number of carbonyl (C=O) groups is 2. The predicted octanol–water partition coefficient (Wildman–Crippen LogP) is 0.671. The molecule has 10 nitrogen and oxygen atoms in total. The summed E-state index contributed by atoms with van der Waals surface area (Å²) < 4.78 is 41.0. The highest BCUT2D eigenvalue weighted by atomic mass is 32.2. The molecule has 0 fully saturated rings. The third-order valence-corrected chi connectivity index (χ3v) is 5.24. The maximum absolute atomic E-state index is 13.5. The fraction of sp³-hybridized carbons (Fsp3) is 0.0588. The molecule has 0 bridgehead atoms. The van der Waals surface area contributed by atoms with Crippen LogP contribution in [0.5, 0.6) is 0 Å². The first-order valence-corrected chi connectivity index (χ1v) is 9.55. The van der Waals surface area contributed by atoms with E-state index in [9.17, 15) is 27.2 Å². The molecule has 2 heterocycles. The molecule has 3 aromatic rings. The van der Waals surface area contributed by atoms with Crippen molar-refractivity contribution in [3.63, 3.8) is 0 Å². The summed E-state index contributed by atoms with van der Waals surface area (Å²) in [5.74, 6) is -1.39. The van der Waals surface area contributed by atoms with Crippen molar-refractivity contribution >= 4 is 33.0 Å². The lowest BCUT2D eigenvalue weighted by molar-refractivity contribution is 0.103. The fourth-order valence-electron chi connectivity index (χ4n) is 3.05. The zero-order valence-corrected chi connectivity index (χ0v) is 15.2. The van der Waals surface area contributed by atoms with Crippen LogP contribution >= 0.6 is 0 Å². The molecule has 0 saturated heterocycles. The van der Waals surface area contributed by atoms with Gasteiger partial charge in [0.15, 0.2) is 5.82 Å². The predicted molar refractivity (Wildman–Crippen MR) is 97.7 cm³/mol. The first kappa shape index (κ1) is 18.7. The number of halogens is 1. The minimum Gasteiger partial charge on any atom is -0.464 e. The van der Waals surface area contributed by atoms with Crippen LogP contribution in [0, 0.1) is 5.82 Å². The second-order valence-corrected chi connectivity index (χ2v) is 7.65. The maximum Gasteiger partial charge on any atom is 0.419 e. The van der Waals surface area contributed by atoms with Crippen LogP contribution in [0.2, 0.25) is 0 Å². The lowest BCUT2D eigenvalue weighted by Gasteiger charge is -2.08. The van der Waals surface area contributed by atoms with Gasteiger partial charge in [0.25, 0.3) is 5.56 Å². The Kier molecular flexibility index (Phi) is 4.17. The lowest BCUT2D eigenvalue weighted by Crippen LogP contribution is -2.39. The molecule has 1 aliphatic heterocycles. The van der Waals surface area contributed by atoms with E-state index in [1.54, 1.807) is 0 Å². The standard InChI is InChI=1S/C17H11FN4O6S/c18-9-2-4-13-11(6-9)14(23)15-20-12-5-8(1-3-10(12)16(24)22(13)15)7-19-29(27,28)21-17(25)26/h1-6,19,21H,7H2,(H,25,26). The monoisotopic (exact) mass is 418 g/mol. The number of amides is 1. The van der Waals surface area contributed by atoms with Crippen molar-refractivity contribution < 1.29 is 27.5 Å². The van der Waals surface area contributed by atoms with Gasteiger partial charge < -0.3 is 5.11 Å². The lowest BCUT2D eigenvalue weighted by atomic mass is 10.1. The number of ketones is 1. The van der Waals surface area contributed by atoms with Gasteiger partial charge in [-0.2, -0.15) is 13.1 Å². The Labute approximate surface area is 161 Å². The molecule has 1 aromatic heterocycles. The number of fused-ring (bicyclic) bond motifs is 4. The van der Waals surface area contributed by atoms with Gasteiger partial charge in [-0.1, -0.05) is 6.07 Å². The van der Waals surface area contributed by atoms with Crippen molar-refractivity contribution in [2.75, 3.05) is 0 Å². The van der Waals surface area contributed by atoms with Gasteiger partial charge in [-0.3, -0.25) is 14.2 Å². The van der Waals surface area contributed by atoms with Crippen LogP contribution in [0.3, 0.4) is 0 Å². The molecule has 0 atom stereocenters. The number of rotatable bonds is 4. The average Bonchev–Trinajstić information content (AvgIpc) is 2.91. The summed E-state index contributed by atoms with van der Waals surface area (Å²) in [4.78, 5) is 40.0. The van der Waals surface area contributed by atoms with Gasteiger partial charge >= 0.3 is 16.3 Å². The number of nitrogens with zero attached hydrogens (tertiary/aromatic N) is 2. The molecule has 0 unspecified atom stereocenters. The molecule has 1 aliphatic rings. The summed E-state index contributed by atoms with van der Waals surface area (Å²) in [7, 11) is -4.27. The van der Waals surface area contributed by atoms with Crippen LogP contribution in [-0.4, -0.2) is 35.0 Å². The third-order valence-electron chi connectivity index (χ3n) is 4.27. The van der Waals surface area contributed by atoms with Crippen molar-refractivity contribution in [1.82, 2.24) is 19.0 Å². The van der Waals surface area contributed by atoms with Gasteiger partial charge in [-0.25, -0.2) is 18.9 Å². The van der Waals surface area contributed by atoms with Crippen LogP contribution in [0.1, 0.15) is 21.7 Å². The molecule has 1 amide bonds. The minimum absolute atomic E-state index is 0.0256. The fourth-order valence-corrected chi connectivity index (χ4v) is 3.71. The number of benzene rings is 2. The Morgan fingerprint density at radius 1 is 1.17 bits per heavy atom. The number of hydrogen-bond donors (Lipinski definition) is 3. The number of aromatic nitrogens is 2. The first-order valence-electron chi connectivity index (χ1n) is 8.07. The summed E-state index contributed by atoms with van der Waals surface area (Å²) in [5, 5.41) is 8.67. The van der Waals surface area contributed by atoms with Gasteiger partial charge in [-0.15, -0.1) is 0 Å². The van der Waals surface area contributed by atoms with Crippen LogP contribution in [0.15, 0.2) is 41.2 Å². The van der Waals surface area contributed by atoms with Crippen LogP contribution in [-0.2, 0) is 16.8 Å². The summed E-state index contributed by atoms with van der Waals surface area (Å²) in [6.07, 6.45) is -1.74. The summed E-state index contributed by atoms with van der Waals surface area (Å²) in [6, 6.07) is 7.77. The van der Waals surface area contributed by atoms with Crippen LogP contribution < -0.4 is 15.0 Å². The molecule has 12 heteroatoms. The quantitative estimate of drug-likeness (QED) is 0.441. The SMILES string of the molecule is O=C(O)NS(=O)(=O)NCc1ccc2c(=O)n3c(nc2c1)C(=O)c1cc(F)ccc1-3. The number of hydrogen-bond acceptors (Lipinski definition) is 6. The molecular weight excluding hydrogens is 407 g/mol. The summed E-state index contributed by atoms with van der Waals surface area (Å²) in [5.41, 5.74) is 0.258. The maximum atomic E-state index is 13.5. The highest BCUT2D eigenvalue weighted by Crippen LogP contribution is 2.27. The van der Waals surface area contributed by atoms with Gasteiger partial charge in [0, 0.05) is 6.54 Å². The molecule has 3 N–H and O–H groups in total. The molecule has 0 spiro atoms. The Bertz CT molecular complexity index is 1380. The zero-order chi connectivity index (χ0) is 20.9. The van der Waals surface area contributed by atoms with Crippen molar-refractivity contribution in [2.24, 2.45) is 0 Å². The van der Waals surface area contributed by atoms with Gasteiger partial charge in [0.2, 0.25) is 5.78 Å². The Morgan fingerprint density at radius 2 is 1.93 bits per heavy atom. The van der Waals surface area contributed by atoms with Gasteiger partial charge in [0.1, 0.15) is 5.82 Å².